The number of carbonyl (C=O) groups is 2. The number of hydrogen-bond acceptors (Lipinski definition) is 7. The van der Waals surface area contributed by atoms with Crippen LogP contribution in [0.1, 0.15) is 29.0 Å². The van der Waals surface area contributed by atoms with Gasteiger partial charge < -0.3 is 24.7 Å². The van der Waals surface area contributed by atoms with Gasteiger partial charge in [-0.25, -0.2) is 9.78 Å². The Balaban J connectivity index is 0.000000572. The van der Waals surface area contributed by atoms with Crippen molar-refractivity contribution < 1.29 is 41.8 Å². The van der Waals surface area contributed by atoms with Gasteiger partial charge >= 0.3 is 18.1 Å². The zero-order valence-corrected chi connectivity index (χ0v) is 19.8. The van der Waals surface area contributed by atoms with Gasteiger partial charge in [0.05, 0.1) is 19.4 Å². The van der Waals surface area contributed by atoms with Crippen LogP contribution in [0.4, 0.5) is 13.2 Å². The van der Waals surface area contributed by atoms with Gasteiger partial charge in [-0.2, -0.15) is 13.2 Å². The van der Waals surface area contributed by atoms with Crippen molar-refractivity contribution in [3.8, 4) is 17.2 Å². The van der Waals surface area contributed by atoms with E-state index >= 15 is 0 Å². The lowest BCUT2D eigenvalue weighted by Crippen LogP contribution is -2.21. The van der Waals surface area contributed by atoms with E-state index in [1.54, 1.807) is 0 Å². The minimum absolute atomic E-state index is 0.225. The molecule has 0 radical (unpaired) electrons. The first-order valence-electron chi connectivity index (χ1n) is 10.9. The summed E-state index contributed by atoms with van der Waals surface area (Å²) in [6, 6.07) is 15.7. The van der Waals surface area contributed by atoms with Crippen LogP contribution in [0.5, 0.6) is 5.75 Å². The van der Waals surface area contributed by atoms with Gasteiger partial charge in [0.1, 0.15) is 11.5 Å². The first-order valence-corrected chi connectivity index (χ1v) is 10.9. The molecule has 2 aromatic carbocycles. The van der Waals surface area contributed by atoms with Crippen molar-refractivity contribution in [2.75, 3.05) is 13.7 Å². The summed E-state index contributed by atoms with van der Waals surface area (Å²) in [6.45, 7) is 2.74. The van der Waals surface area contributed by atoms with Gasteiger partial charge in [-0.15, -0.1) is 0 Å². The summed E-state index contributed by atoms with van der Waals surface area (Å²) in [4.78, 5) is 24.8. The third-order valence-electron chi connectivity index (χ3n) is 4.94. The topological polar surface area (TPSA) is 125 Å². The number of aryl methyl sites for hydroxylation is 2. The highest BCUT2D eigenvalue weighted by Gasteiger charge is 2.38. The summed E-state index contributed by atoms with van der Waals surface area (Å²) < 4.78 is 48.2. The SMILES string of the molecule is COC(=O)CCc1ccc(OCCc2nc(-c3ccccc3)oc2C)c(CN)c1.O=C(O)C(F)(F)F. The van der Waals surface area contributed by atoms with Gasteiger partial charge in [-0.1, -0.05) is 30.3 Å². The standard InChI is InChI=1S/C23H26N2O4.C2HF3O2/c1-16-20(25-23(29-16)18-6-4-3-5-7-18)12-13-28-21-10-8-17(14-19(21)15-24)9-11-22(26)27-2;3-2(4,5)1(6)7/h3-8,10,14H,9,11-13,15,24H2,1-2H3;(H,6,7). The second kappa shape index (κ2) is 13.3. The molecule has 0 aliphatic carbocycles. The van der Waals surface area contributed by atoms with E-state index in [4.69, 9.17) is 24.8 Å². The number of nitrogens with two attached hydrogens (primary N) is 1. The van der Waals surface area contributed by atoms with Crippen LogP contribution in [-0.2, 0) is 33.7 Å². The minimum Gasteiger partial charge on any atom is -0.493 e. The number of benzene rings is 2. The molecule has 0 fully saturated rings. The Labute approximate surface area is 205 Å². The molecule has 0 unspecified atom stereocenters. The predicted octanol–water partition coefficient (Wildman–Crippen LogP) is 4.47. The average Bonchev–Trinajstić information content (AvgIpc) is 3.23. The average molecular weight is 508 g/mol. The van der Waals surface area contributed by atoms with E-state index in [1.165, 1.54) is 7.11 Å². The molecule has 0 aliphatic rings. The highest BCUT2D eigenvalue weighted by molar-refractivity contribution is 5.73. The van der Waals surface area contributed by atoms with Crippen LogP contribution < -0.4 is 10.5 Å². The number of esters is 1. The number of oxazole rings is 1. The fourth-order valence-corrected chi connectivity index (χ4v) is 3.06. The quantitative estimate of drug-likeness (QED) is 0.406. The Morgan fingerprint density at radius 3 is 2.36 bits per heavy atom. The zero-order chi connectivity index (χ0) is 26.7. The van der Waals surface area contributed by atoms with Gasteiger partial charge in [-0.3, -0.25) is 4.79 Å². The van der Waals surface area contributed by atoms with E-state index in [0.29, 0.717) is 38.3 Å². The summed E-state index contributed by atoms with van der Waals surface area (Å²) >= 11 is 0. The van der Waals surface area contributed by atoms with Crippen molar-refractivity contribution in [2.45, 2.75) is 38.9 Å². The second-order valence-corrected chi connectivity index (χ2v) is 7.51. The van der Waals surface area contributed by atoms with Gasteiger partial charge in [0.25, 0.3) is 0 Å². The number of alkyl halides is 3. The molecule has 3 rings (SSSR count). The summed E-state index contributed by atoms with van der Waals surface area (Å²) in [7, 11) is 1.39. The number of carbonyl (C=O) groups excluding carboxylic acids is 1. The number of carboxylic acid groups (broad SMARTS) is 1. The van der Waals surface area contributed by atoms with E-state index in [2.05, 4.69) is 9.72 Å². The number of rotatable bonds is 9. The first kappa shape index (κ1) is 28.4. The molecule has 0 saturated heterocycles. The number of ether oxygens (including phenoxy) is 2. The van der Waals surface area contributed by atoms with Crippen molar-refractivity contribution >= 4 is 11.9 Å². The summed E-state index contributed by atoms with van der Waals surface area (Å²) in [5.41, 5.74) is 9.66. The summed E-state index contributed by atoms with van der Waals surface area (Å²) in [6.07, 6.45) is -3.49. The molecule has 3 aromatic rings. The van der Waals surface area contributed by atoms with Crippen LogP contribution in [0, 0.1) is 6.92 Å². The minimum atomic E-state index is -5.08. The van der Waals surface area contributed by atoms with Gasteiger partial charge in [0, 0.05) is 30.5 Å². The molecular formula is C25H27F3N2O6. The largest absolute Gasteiger partial charge is 0.493 e. The molecule has 8 nitrogen and oxygen atoms in total. The molecule has 0 bridgehead atoms. The van der Waals surface area contributed by atoms with E-state index < -0.39 is 12.1 Å². The van der Waals surface area contributed by atoms with Crippen molar-refractivity contribution in [1.29, 1.82) is 0 Å². The molecule has 0 amide bonds. The van der Waals surface area contributed by atoms with Crippen LogP contribution in [0.3, 0.4) is 0 Å². The molecule has 0 spiro atoms. The monoisotopic (exact) mass is 508 g/mol. The van der Waals surface area contributed by atoms with E-state index in [-0.39, 0.29) is 5.97 Å². The zero-order valence-electron chi connectivity index (χ0n) is 19.8. The highest BCUT2D eigenvalue weighted by atomic mass is 19.4. The first-order chi connectivity index (χ1) is 17.0. The van der Waals surface area contributed by atoms with Crippen molar-refractivity contribution in [3.63, 3.8) is 0 Å². The number of nitrogens with zero attached hydrogens (tertiary/aromatic N) is 1. The maximum atomic E-state index is 11.3. The molecule has 0 aliphatic heterocycles. The molecule has 3 N–H and O–H groups in total. The van der Waals surface area contributed by atoms with Crippen LogP contribution in [0.15, 0.2) is 52.9 Å². The van der Waals surface area contributed by atoms with Crippen molar-refractivity contribution in [2.24, 2.45) is 5.73 Å². The Morgan fingerprint density at radius 2 is 1.78 bits per heavy atom. The van der Waals surface area contributed by atoms with Gasteiger partial charge in [0.15, 0.2) is 0 Å². The number of halogens is 3. The van der Waals surface area contributed by atoms with Crippen LogP contribution in [0.25, 0.3) is 11.5 Å². The Bertz CT molecular complexity index is 1150. The fraction of sp³-hybridized carbons (Fsp3) is 0.320. The van der Waals surface area contributed by atoms with Crippen molar-refractivity contribution in [1.82, 2.24) is 4.98 Å². The fourth-order valence-electron chi connectivity index (χ4n) is 3.06. The molecule has 0 atom stereocenters. The molecular weight excluding hydrogens is 481 g/mol. The number of hydrogen-bond donors (Lipinski definition) is 2. The lowest BCUT2D eigenvalue weighted by atomic mass is 10.1. The smallest absolute Gasteiger partial charge is 0.490 e. The van der Waals surface area contributed by atoms with Crippen LogP contribution in [0.2, 0.25) is 0 Å². The van der Waals surface area contributed by atoms with Gasteiger partial charge in [0.2, 0.25) is 5.89 Å². The summed E-state index contributed by atoms with van der Waals surface area (Å²) in [5.74, 6) is -0.816. The number of methoxy groups -OCH3 is 1. The third-order valence-corrected chi connectivity index (χ3v) is 4.94. The molecule has 0 saturated carbocycles. The Kier molecular flexibility index (Phi) is 10.5. The Morgan fingerprint density at radius 1 is 1.11 bits per heavy atom. The molecule has 1 aromatic heterocycles. The number of aliphatic carboxylic acids is 1. The molecule has 36 heavy (non-hydrogen) atoms. The van der Waals surface area contributed by atoms with Crippen molar-refractivity contribution in [3.05, 3.63) is 71.1 Å². The Hall–Kier alpha value is -3.86. The molecule has 11 heteroatoms. The molecule has 194 valence electrons. The highest BCUT2D eigenvalue weighted by Crippen LogP contribution is 2.23. The summed E-state index contributed by atoms with van der Waals surface area (Å²) in [5, 5.41) is 7.12. The third kappa shape index (κ3) is 8.73. The molecule has 1 heterocycles. The number of aromatic nitrogens is 1. The van der Waals surface area contributed by atoms with E-state index in [0.717, 1.165) is 33.9 Å². The van der Waals surface area contributed by atoms with Gasteiger partial charge in [-0.05, 0) is 37.1 Å². The normalized spacial score (nSPS) is 10.8. The lowest BCUT2D eigenvalue weighted by Gasteiger charge is -2.12. The number of carboxylic acids is 1. The maximum absolute atomic E-state index is 11.3. The maximum Gasteiger partial charge on any atom is 0.490 e. The predicted molar refractivity (Wildman–Crippen MR) is 124 cm³/mol. The van der Waals surface area contributed by atoms with E-state index in [9.17, 15) is 18.0 Å². The second-order valence-electron chi connectivity index (χ2n) is 7.51. The van der Waals surface area contributed by atoms with E-state index in [1.807, 2.05) is 55.5 Å². The van der Waals surface area contributed by atoms with Crippen LogP contribution in [-0.4, -0.2) is 41.9 Å². The van der Waals surface area contributed by atoms with Crippen LogP contribution >= 0.6 is 0 Å². The lowest BCUT2D eigenvalue weighted by molar-refractivity contribution is -0.192.